The minimum Gasteiger partial charge on any atom is -0.250 e. The van der Waals surface area contributed by atoms with Gasteiger partial charge in [0.25, 0.3) is 0 Å². The zero-order valence-corrected chi connectivity index (χ0v) is 7.75. The zero-order valence-electron chi connectivity index (χ0n) is 6.93. The maximum Gasteiger partial charge on any atom is 0.0896 e. The first-order valence-corrected chi connectivity index (χ1v) is 4.25. The standard InChI is InChI=1S/C8H13NS.2CH4/c1-6-9-5-7(10-6)8(2,3)4;;/h5H,1-4H3;2*1H4. The highest BCUT2D eigenvalue weighted by atomic mass is 32.1. The minimum atomic E-state index is 0. The smallest absolute Gasteiger partial charge is 0.0896 e. The fourth-order valence-electron chi connectivity index (χ4n) is 0.708. The molecule has 0 spiro atoms. The summed E-state index contributed by atoms with van der Waals surface area (Å²) in [7, 11) is 0. The predicted molar refractivity (Wildman–Crippen MR) is 59.0 cm³/mol. The largest absolute Gasteiger partial charge is 0.250 e. The third-order valence-corrected chi connectivity index (χ3v) is 2.70. The first-order valence-electron chi connectivity index (χ1n) is 3.43. The number of rotatable bonds is 0. The van der Waals surface area contributed by atoms with Gasteiger partial charge in [-0.25, -0.2) is 4.98 Å². The number of thiazole rings is 1. The lowest BCUT2D eigenvalue weighted by Crippen LogP contribution is -2.07. The zero-order chi connectivity index (χ0) is 7.78. The maximum absolute atomic E-state index is 4.20. The van der Waals surface area contributed by atoms with Gasteiger partial charge >= 0.3 is 0 Å². The summed E-state index contributed by atoms with van der Waals surface area (Å²) in [4.78, 5) is 5.57. The highest BCUT2D eigenvalue weighted by Crippen LogP contribution is 2.26. The Kier molecular flexibility index (Phi) is 5.44. The van der Waals surface area contributed by atoms with Crippen LogP contribution in [0.25, 0.3) is 0 Å². The van der Waals surface area contributed by atoms with Crippen molar-refractivity contribution in [3.63, 3.8) is 0 Å². The average Bonchev–Trinajstić information content (AvgIpc) is 2.11. The van der Waals surface area contributed by atoms with Gasteiger partial charge in [-0.05, 0) is 12.3 Å². The molecule has 72 valence electrons. The number of aromatic nitrogens is 1. The van der Waals surface area contributed by atoms with Crippen LogP contribution in [0.3, 0.4) is 0 Å². The van der Waals surface area contributed by atoms with Crippen LogP contribution in [-0.2, 0) is 5.41 Å². The lowest BCUT2D eigenvalue weighted by atomic mass is 9.96. The molecule has 0 amide bonds. The van der Waals surface area contributed by atoms with E-state index in [1.807, 2.05) is 13.1 Å². The molecule has 2 heteroatoms. The molecule has 1 heterocycles. The van der Waals surface area contributed by atoms with Gasteiger partial charge in [-0.3, -0.25) is 0 Å². The number of nitrogens with zero attached hydrogens (tertiary/aromatic N) is 1. The van der Waals surface area contributed by atoms with Crippen molar-refractivity contribution in [2.75, 3.05) is 0 Å². The fraction of sp³-hybridized carbons (Fsp3) is 0.700. The van der Waals surface area contributed by atoms with Crippen LogP contribution < -0.4 is 0 Å². The molecule has 0 aromatic carbocycles. The molecular formula is C10H21NS. The van der Waals surface area contributed by atoms with Gasteiger partial charge in [0, 0.05) is 11.1 Å². The van der Waals surface area contributed by atoms with Crippen LogP contribution in [0.1, 0.15) is 45.5 Å². The molecule has 0 saturated heterocycles. The van der Waals surface area contributed by atoms with Crippen LogP contribution in [0, 0.1) is 6.92 Å². The Hall–Kier alpha value is -0.370. The Morgan fingerprint density at radius 3 is 1.92 bits per heavy atom. The molecule has 1 rings (SSSR count). The van der Waals surface area contributed by atoms with E-state index >= 15 is 0 Å². The lowest BCUT2D eigenvalue weighted by Gasteiger charge is -2.14. The van der Waals surface area contributed by atoms with Gasteiger partial charge in [-0.15, -0.1) is 11.3 Å². The van der Waals surface area contributed by atoms with E-state index in [1.54, 1.807) is 11.3 Å². The van der Waals surface area contributed by atoms with Gasteiger partial charge < -0.3 is 0 Å². The minimum absolute atomic E-state index is 0. The Labute approximate surface area is 80.9 Å². The van der Waals surface area contributed by atoms with Crippen LogP contribution in [0.2, 0.25) is 0 Å². The molecule has 0 fully saturated rings. The van der Waals surface area contributed by atoms with Gasteiger partial charge in [0.05, 0.1) is 5.01 Å². The third-order valence-electron chi connectivity index (χ3n) is 1.36. The molecule has 0 atom stereocenters. The second kappa shape index (κ2) is 4.61. The second-order valence-electron chi connectivity index (χ2n) is 3.49. The van der Waals surface area contributed by atoms with Crippen LogP contribution >= 0.6 is 11.3 Å². The average molecular weight is 187 g/mol. The van der Waals surface area contributed by atoms with Gasteiger partial charge in [0.15, 0.2) is 0 Å². The van der Waals surface area contributed by atoms with Crippen LogP contribution in [0.5, 0.6) is 0 Å². The van der Waals surface area contributed by atoms with Gasteiger partial charge in [0.1, 0.15) is 0 Å². The summed E-state index contributed by atoms with van der Waals surface area (Å²) >= 11 is 1.78. The van der Waals surface area contributed by atoms with Crippen LogP contribution in [-0.4, -0.2) is 4.98 Å². The summed E-state index contributed by atoms with van der Waals surface area (Å²) < 4.78 is 0. The van der Waals surface area contributed by atoms with E-state index in [4.69, 9.17) is 0 Å². The number of aryl methyl sites for hydroxylation is 1. The second-order valence-corrected chi connectivity index (χ2v) is 4.73. The summed E-state index contributed by atoms with van der Waals surface area (Å²) in [5.74, 6) is 0. The molecule has 1 nitrogen and oxygen atoms in total. The van der Waals surface area contributed by atoms with Crippen molar-refractivity contribution in [1.82, 2.24) is 4.98 Å². The SMILES string of the molecule is C.C.Cc1ncc(C(C)(C)C)s1. The highest BCUT2D eigenvalue weighted by molar-refractivity contribution is 7.11. The van der Waals surface area contributed by atoms with E-state index < -0.39 is 0 Å². The molecule has 12 heavy (non-hydrogen) atoms. The van der Waals surface area contributed by atoms with Gasteiger partial charge in [-0.1, -0.05) is 35.6 Å². The van der Waals surface area contributed by atoms with E-state index in [9.17, 15) is 0 Å². The summed E-state index contributed by atoms with van der Waals surface area (Å²) in [6, 6.07) is 0. The highest BCUT2D eigenvalue weighted by Gasteiger charge is 2.15. The summed E-state index contributed by atoms with van der Waals surface area (Å²) in [6.45, 7) is 8.67. The number of hydrogen-bond acceptors (Lipinski definition) is 2. The normalized spacial score (nSPS) is 10.0. The van der Waals surface area contributed by atoms with Crippen molar-refractivity contribution >= 4 is 11.3 Å². The summed E-state index contributed by atoms with van der Waals surface area (Å²) in [6.07, 6.45) is 1.97. The molecule has 0 saturated carbocycles. The monoisotopic (exact) mass is 187 g/mol. The van der Waals surface area contributed by atoms with Crippen molar-refractivity contribution in [1.29, 1.82) is 0 Å². The van der Waals surface area contributed by atoms with Crippen molar-refractivity contribution in [2.45, 2.75) is 48.0 Å². The van der Waals surface area contributed by atoms with Gasteiger partial charge in [-0.2, -0.15) is 0 Å². The van der Waals surface area contributed by atoms with Crippen molar-refractivity contribution in [3.05, 3.63) is 16.1 Å². The molecule has 0 aliphatic heterocycles. The molecule has 0 radical (unpaired) electrons. The summed E-state index contributed by atoms with van der Waals surface area (Å²) in [5.41, 5.74) is 0.270. The van der Waals surface area contributed by atoms with Gasteiger partial charge in [0.2, 0.25) is 0 Å². The lowest BCUT2D eigenvalue weighted by molar-refractivity contribution is 0.602. The van der Waals surface area contributed by atoms with E-state index in [0.717, 1.165) is 5.01 Å². The predicted octanol–water partition coefficient (Wildman–Crippen LogP) is 4.02. The Morgan fingerprint density at radius 1 is 1.25 bits per heavy atom. The third kappa shape index (κ3) is 3.35. The Bertz CT molecular complexity index is 220. The molecular weight excluding hydrogens is 166 g/mol. The quantitative estimate of drug-likeness (QED) is 0.598. The Morgan fingerprint density at radius 2 is 1.75 bits per heavy atom. The molecule has 0 bridgehead atoms. The molecule has 0 N–H and O–H groups in total. The molecule has 0 unspecified atom stereocenters. The topological polar surface area (TPSA) is 12.9 Å². The van der Waals surface area contributed by atoms with Crippen LogP contribution in [0.4, 0.5) is 0 Å². The van der Waals surface area contributed by atoms with E-state index in [1.165, 1.54) is 4.88 Å². The van der Waals surface area contributed by atoms with Crippen molar-refractivity contribution in [3.8, 4) is 0 Å². The first-order chi connectivity index (χ1) is 4.50. The van der Waals surface area contributed by atoms with Crippen molar-refractivity contribution < 1.29 is 0 Å². The van der Waals surface area contributed by atoms with Crippen LogP contribution in [0.15, 0.2) is 6.20 Å². The molecule has 0 aliphatic rings. The first kappa shape index (κ1) is 14.2. The molecule has 1 aromatic rings. The van der Waals surface area contributed by atoms with E-state index in [-0.39, 0.29) is 20.3 Å². The fourth-order valence-corrected chi connectivity index (χ4v) is 1.54. The number of hydrogen-bond donors (Lipinski definition) is 0. The van der Waals surface area contributed by atoms with Crippen molar-refractivity contribution in [2.24, 2.45) is 0 Å². The van der Waals surface area contributed by atoms with E-state index in [0.29, 0.717) is 0 Å². The maximum atomic E-state index is 4.20. The summed E-state index contributed by atoms with van der Waals surface area (Å²) in [5, 5.41) is 1.16. The van der Waals surface area contributed by atoms with E-state index in [2.05, 4.69) is 25.8 Å². The molecule has 1 aromatic heterocycles. The molecule has 0 aliphatic carbocycles. The Balaban J connectivity index is 0.